The van der Waals surface area contributed by atoms with Gasteiger partial charge in [-0.3, -0.25) is 9.69 Å². The van der Waals surface area contributed by atoms with Crippen LogP contribution in [0.25, 0.3) is 10.2 Å². The second kappa shape index (κ2) is 12.5. The number of nitrogens with zero attached hydrogens (tertiary/aromatic N) is 4. The minimum absolute atomic E-state index is 0. The Kier molecular flexibility index (Phi) is 9.88. The summed E-state index contributed by atoms with van der Waals surface area (Å²) in [6, 6.07) is 12.5. The minimum atomic E-state index is -3.55. The van der Waals surface area contributed by atoms with Gasteiger partial charge in [-0.1, -0.05) is 30.2 Å². The first-order chi connectivity index (χ1) is 16.8. The molecule has 7 nitrogen and oxygen atoms in total. The zero-order chi connectivity index (χ0) is 25.0. The molecule has 0 saturated carbocycles. The molecule has 1 saturated heterocycles. The lowest BCUT2D eigenvalue weighted by Crippen LogP contribution is -2.34. The van der Waals surface area contributed by atoms with Crippen LogP contribution in [0.1, 0.15) is 48.0 Å². The summed E-state index contributed by atoms with van der Waals surface area (Å²) in [6.07, 6.45) is 4.71. The summed E-state index contributed by atoms with van der Waals surface area (Å²) in [4.78, 5) is 22.4. The van der Waals surface area contributed by atoms with E-state index in [0.717, 1.165) is 54.4 Å². The molecule has 10 heteroatoms. The second-order valence-corrected chi connectivity index (χ2v) is 12.4. The topological polar surface area (TPSA) is 73.8 Å². The molecule has 0 unspecified atom stereocenters. The molecular formula is C26H35ClN4O3S2. The monoisotopic (exact) mass is 550 g/mol. The number of anilines is 1. The van der Waals surface area contributed by atoms with Crippen molar-refractivity contribution in [2.24, 2.45) is 0 Å². The molecule has 196 valence electrons. The van der Waals surface area contributed by atoms with Gasteiger partial charge in [0.2, 0.25) is 10.0 Å². The Hall–Kier alpha value is -2.04. The molecule has 0 N–H and O–H groups in total. The van der Waals surface area contributed by atoms with Gasteiger partial charge in [0.05, 0.1) is 15.1 Å². The highest BCUT2D eigenvalue weighted by Gasteiger charge is 2.26. The molecule has 0 radical (unpaired) electrons. The van der Waals surface area contributed by atoms with Crippen molar-refractivity contribution in [2.75, 3.05) is 45.2 Å². The molecule has 0 spiro atoms. The molecule has 1 amide bonds. The number of fused-ring (bicyclic) bond motifs is 1. The smallest absolute Gasteiger partial charge is 0.260 e. The summed E-state index contributed by atoms with van der Waals surface area (Å²) < 4.78 is 28.9. The molecule has 4 rings (SSSR count). The van der Waals surface area contributed by atoms with Gasteiger partial charge in [0.1, 0.15) is 0 Å². The fourth-order valence-corrected chi connectivity index (χ4v) is 6.93. The van der Waals surface area contributed by atoms with Gasteiger partial charge < -0.3 is 4.90 Å². The van der Waals surface area contributed by atoms with Crippen molar-refractivity contribution < 1.29 is 13.2 Å². The van der Waals surface area contributed by atoms with Crippen LogP contribution < -0.4 is 4.90 Å². The van der Waals surface area contributed by atoms with Crippen molar-refractivity contribution in [3.05, 3.63) is 53.6 Å². The van der Waals surface area contributed by atoms with Gasteiger partial charge in [0.15, 0.2) is 5.13 Å². The van der Waals surface area contributed by atoms with Crippen molar-refractivity contribution in [2.45, 2.75) is 43.9 Å². The van der Waals surface area contributed by atoms with Gasteiger partial charge in [-0.05, 0) is 88.8 Å². The van der Waals surface area contributed by atoms with Gasteiger partial charge in [0, 0.05) is 25.2 Å². The summed E-state index contributed by atoms with van der Waals surface area (Å²) in [7, 11) is 0.467. The number of hydrogen-bond donors (Lipinski definition) is 0. The molecule has 1 aromatic heterocycles. The Morgan fingerprint density at radius 3 is 2.31 bits per heavy atom. The maximum atomic E-state index is 13.6. The predicted molar refractivity (Wildman–Crippen MR) is 150 cm³/mol. The average molecular weight is 551 g/mol. The molecule has 1 aliphatic heterocycles. The first kappa shape index (κ1) is 28.5. The Morgan fingerprint density at radius 2 is 1.67 bits per heavy atom. The third-order valence-electron chi connectivity index (χ3n) is 6.30. The highest BCUT2D eigenvalue weighted by Crippen LogP contribution is 2.31. The number of carbonyl (C=O) groups is 1. The number of amides is 1. The van der Waals surface area contributed by atoms with Gasteiger partial charge in [-0.2, -0.15) is 4.31 Å². The van der Waals surface area contributed by atoms with Crippen LogP contribution in [0.4, 0.5) is 5.13 Å². The van der Waals surface area contributed by atoms with Crippen molar-refractivity contribution >= 4 is 55.0 Å². The number of thiazole rings is 1. The lowest BCUT2D eigenvalue weighted by molar-refractivity contribution is 0.0986. The zero-order valence-electron chi connectivity index (χ0n) is 21.1. The summed E-state index contributed by atoms with van der Waals surface area (Å²) in [5.41, 5.74) is 2.49. The number of benzene rings is 2. The summed E-state index contributed by atoms with van der Waals surface area (Å²) in [5, 5.41) is 0.663. The summed E-state index contributed by atoms with van der Waals surface area (Å²) in [6.45, 7) is 4.53. The highest BCUT2D eigenvalue weighted by molar-refractivity contribution is 7.89. The van der Waals surface area contributed by atoms with Gasteiger partial charge in [-0.25, -0.2) is 13.4 Å². The maximum Gasteiger partial charge on any atom is 0.260 e. The van der Waals surface area contributed by atoms with E-state index in [-0.39, 0.29) is 23.2 Å². The molecule has 0 bridgehead atoms. The number of aryl methyl sites for hydroxylation is 1. The van der Waals surface area contributed by atoms with Crippen LogP contribution in [-0.4, -0.2) is 68.8 Å². The molecule has 2 heterocycles. The van der Waals surface area contributed by atoms with E-state index in [1.54, 1.807) is 33.5 Å². The molecule has 3 aromatic rings. The van der Waals surface area contributed by atoms with E-state index >= 15 is 0 Å². The molecule has 1 aliphatic rings. The third kappa shape index (κ3) is 6.63. The van der Waals surface area contributed by atoms with E-state index in [1.807, 2.05) is 33.2 Å². The summed E-state index contributed by atoms with van der Waals surface area (Å²) in [5.74, 6) is -0.168. The molecule has 1 fully saturated rings. The molecule has 0 aliphatic carbocycles. The number of carbonyl (C=O) groups excluding carboxylic acids is 1. The standard InChI is InChI=1S/C26H34N4O3S2.ClH/c1-20-9-14-23-24(19-20)34-26(27-23)30(18-8-15-28(2)3)25(31)21-10-12-22(13-11-21)35(32,33)29-16-6-4-5-7-17-29;/h9-14,19H,4-8,15-18H2,1-3H3;1H. The highest BCUT2D eigenvalue weighted by atomic mass is 35.5. The van der Waals surface area contributed by atoms with Crippen LogP contribution >= 0.6 is 23.7 Å². The first-order valence-electron chi connectivity index (χ1n) is 12.2. The lowest BCUT2D eigenvalue weighted by atomic mass is 10.2. The minimum Gasteiger partial charge on any atom is -0.309 e. The predicted octanol–water partition coefficient (Wildman–Crippen LogP) is 5.19. The first-order valence-corrected chi connectivity index (χ1v) is 14.5. The van der Waals surface area contributed by atoms with E-state index in [4.69, 9.17) is 4.98 Å². The van der Waals surface area contributed by atoms with E-state index in [9.17, 15) is 13.2 Å². The van der Waals surface area contributed by atoms with E-state index in [1.165, 1.54) is 11.3 Å². The van der Waals surface area contributed by atoms with Crippen molar-refractivity contribution in [1.29, 1.82) is 0 Å². The van der Waals surface area contributed by atoms with Crippen molar-refractivity contribution in [1.82, 2.24) is 14.2 Å². The van der Waals surface area contributed by atoms with Gasteiger partial charge >= 0.3 is 0 Å². The van der Waals surface area contributed by atoms with Crippen molar-refractivity contribution in [3.8, 4) is 0 Å². The molecule has 36 heavy (non-hydrogen) atoms. The number of sulfonamides is 1. The second-order valence-electron chi connectivity index (χ2n) is 9.42. The number of rotatable bonds is 8. The molecular weight excluding hydrogens is 516 g/mol. The van der Waals surface area contributed by atoms with E-state index < -0.39 is 10.0 Å². The van der Waals surface area contributed by atoms with Crippen LogP contribution in [0.5, 0.6) is 0 Å². The van der Waals surface area contributed by atoms with Crippen LogP contribution in [0.15, 0.2) is 47.4 Å². The Morgan fingerprint density at radius 1 is 1.00 bits per heavy atom. The van der Waals surface area contributed by atoms with Crippen LogP contribution in [0.3, 0.4) is 0 Å². The normalized spacial score (nSPS) is 15.0. The fraction of sp³-hybridized carbons (Fsp3) is 0.462. The van der Waals surface area contributed by atoms with Crippen LogP contribution in [-0.2, 0) is 10.0 Å². The summed E-state index contributed by atoms with van der Waals surface area (Å²) >= 11 is 1.51. The van der Waals surface area contributed by atoms with E-state index in [0.29, 0.717) is 30.3 Å². The van der Waals surface area contributed by atoms with Crippen LogP contribution in [0.2, 0.25) is 0 Å². The number of halogens is 1. The number of hydrogen-bond acceptors (Lipinski definition) is 6. The van der Waals surface area contributed by atoms with Gasteiger partial charge in [-0.15, -0.1) is 12.4 Å². The third-order valence-corrected chi connectivity index (χ3v) is 9.25. The quantitative estimate of drug-likeness (QED) is 0.386. The number of aromatic nitrogens is 1. The SMILES string of the molecule is Cc1ccc2nc(N(CCCN(C)C)C(=O)c3ccc(S(=O)(=O)N4CCCCCC4)cc3)sc2c1.Cl. The van der Waals surface area contributed by atoms with Crippen molar-refractivity contribution in [3.63, 3.8) is 0 Å². The lowest BCUT2D eigenvalue weighted by Gasteiger charge is -2.22. The zero-order valence-corrected chi connectivity index (χ0v) is 23.6. The van der Waals surface area contributed by atoms with Crippen LogP contribution in [0, 0.1) is 6.92 Å². The average Bonchev–Trinajstić information content (AvgIpc) is 3.04. The molecule has 0 atom stereocenters. The Bertz CT molecular complexity index is 1270. The maximum absolute atomic E-state index is 13.6. The Labute approximate surface area is 224 Å². The fourth-order valence-electron chi connectivity index (χ4n) is 4.32. The molecule has 2 aromatic carbocycles. The van der Waals surface area contributed by atoms with E-state index in [2.05, 4.69) is 11.0 Å². The largest absolute Gasteiger partial charge is 0.309 e. The Balaban J connectivity index is 0.00000361. The van der Waals surface area contributed by atoms with Gasteiger partial charge in [0.25, 0.3) is 5.91 Å².